The standard InChI is InChI=1S/C23H23N3O6/c1-4-7-16-10-15(11-20(30-5-2)22(16)31-6-3)14-24-25-23(27)21-13-17-12-18(26(28)29)8-9-19(17)32-21/h4,8-14H,1,5-7H2,2-3H3,(H,25,27)/b24-14+. The van der Waals surface area contributed by atoms with E-state index in [0.29, 0.717) is 47.7 Å². The lowest BCUT2D eigenvalue weighted by molar-refractivity contribution is -0.384. The monoisotopic (exact) mass is 437 g/mol. The number of benzene rings is 2. The number of furan rings is 1. The topological polar surface area (TPSA) is 116 Å². The first kappa shape index (κ1) is 22.5. The molecule has 9 heteroatoms. The molecule has 1 N–H and O–H groups in total. The lowest BCUT2D eigenvalue weighted by Crippen LogP contribution is -2.16. The number of non-ortho nitro benzene ring substituents is 1. The zero-order valence-corrected chi connectivity index (χ0v) is 17.8. The summed E-state index contributed by atoms with van der Waals surface area (Å²) in [5, 5.41) is 15.4. The number of nitro benzene ring substituents is 1. The summed E-state index contributed by atoms with van der Waals surface area (Å²) in [6.07, 6.45) is 3.83. The molecular weight excluding hydrogens is 414 g/mol. The smallest absolute Gasteiger partial charge is 0.307 e. The number of ether oxygens (including phenoxy) is 2. The van der Waals surface area contributed by atoms with E-state index in [-0.39, 0.29) is 11.4 Å². The van der Waals surface area contributed by atoms with Gasteiger partial charge in [0.2, 0.25) is 0 Å². The molecule has 1 heterocycles. The van der Waals surface area contributed by atoms with Gasteiger partial charge in [-0.15, -0.1) is 6.58 Å². The molecule has 0 atom stereocenters. The molecule has 3 aromatic rings. The van der Waals surface area contributed by atoms with E-state index in [1.807, 2.05) is 19.9 Å². The van der Waals surface area contributed by atoms with Gasteiger partial charge in [-0.1, -0.05) is 6.08 Å². The van der Waals surface area contributed by atoms with Crippen molar-refractivity contribution in [3.63, 3.8) is 0 Å². The van der Waals surface area contributed by atoms with Crippen LogP contribution in [0.4, 0.5) is 5.69 Å². The highest BCUT2D eigenvalue weighted by Gasteiger charge is 2.15. The van der Waals surface area contributed by atoms with Crippen LogP contribution in [-0.4, -0.2) is 30.3 Å². The Morgan fingerprint density at radius 3 is 2.69 bits per heavy atom. The van der Waals surface area contributed by atoms with Crippen LogP contribution in [0.5, 0.6) is 11.5 Å². The number of hydrogen-bond acceptors (Lipinski definition) is 7. The Kier molecular flexibility index (Phi) is 7.22. The fourth-order valence-corrected chi connectivity index (χ4v) is 3.11. The third kappa shape index (κ3) is 5.12. The maximum atomic E-state index is 12.4. The van der Waals surface area contributed by atoms with Gasteiger partial charge >= 0.3 is 5.91 Å². The number of amides is 1. The Morgan fingerprint density at radius 2 is 2.00 bits per heavy atom. The third-order valence-electron chi connectivity index (χ3n) is 4.42. The minimum atomic E-state index is -0.581. The molecule has 0 aliphatic heterocycles. The summed E-state index contributed by atoms with van der Waals surface area (Å²) >= 11 is 0. The van der Waals surface area contributed by atoms with Gasteiger partial charge in [0.05, 0.1) is 24.4 Å². The Balaban J connectivity index is 1.80. The number of rotatable bonds is 10. The van der Waals surface area contributed by atoms with Crippen LogP contribution in [0.3, 0.4) is 0 Å². The van der Waals surface area contributed by atoms with Gasteiger partial charge in [-0.2, -0.15) is 5.10 Å². The zero-order valence-electron chi connectivity index (χ0n) is 17.8. The van der Waals surface area contributed by atoms with Crippen LogP contribution in [0.25, 0.3) is 11.0 Å². The molecule has 3 rings (SSSR count). The molecule has 1 aromatic heterocycles. The maximum absolute atomic E-state index is 12.4. The Hall–Kier alpha value is -4.14. The molecule has 0 aliphatic carbocycles. The number of fused-ring (bicyclic) bond motifs is 1. The highest BCUT2D eigenvalue weighted by Crippen LogP contribution is 2.33. The van der Waals surface area contributed by atoms with Crippen LogP contribution < -0.4 is 14.9 Å². The first-order chi connectivity index (χ1) is 15.5. The second-order valence-electron chi connectivity index (χ2n) is 6.66. The summed E-state index contributed by atoms with van der Waals surface area (Å²) in [5.41, 5.74) is 4.27. The van der Waals surface area contributed by atoms with E-state index >= 15 is 0 Å². The number of carbonyl (C=O) groups excluding carboxylic acids is 1. The Labute approximate surface area is 184 Å². The van der Waals surface area contributed by atoms with E-state index in [0.717, 1.165) is 5.56 Å². The van der Waals surface area contributed by atoms with Gasteiger partial charge in [0.25, 0.3) is 5.69 Å². The lowest BCUT2D eigenvalue weighted by Gasteiger charge is -2.15. The average Bonchev–Trinajstić information content (AvgIpc) is 3.20. The Morgan fingerprint density at radius 1 is 1.22 bits per heavy atom. The quantitative estimate of drug-likeness (QED) is 0.214. The van der Waals surface area contributed by atoms with E-state index in [2.05, 4.69) is 17.1 Å². The Bertz CT molecular complexity index is 1180. The normalized spacial score (nSPS) is 10.9. The molecule has 32 heavy (non-hydrogen) atoms. The van der Waals surface area contributed by atoms with Gasteiger partial charge in [-0.25, -0.2) is 5.43 Å². The molecule has 2 aromatic carbocycles. The molecule has 0 aliphatic rings. The minimum Gasteiger partial charge on any atom is -0.490 e. The second-order valence-corrected chi connectivity index (χ2v) is 6.66. The summed E-state index contributed by atoms with van der Waals surface area (Å²) < 4.78 is 16.9. The number of allylic oxidation sites excluding steroid dienone is 1. The van der Waals surface area contributed by atoms with Crippen molar-refractivity contribution in [2.45, 2.75) is 20.3 Å². The van der Waals surface area contributed by atoms with Crippen LogP contribution >= 0.6 is 0 Å². The van der Waals surface area contributed by atoms with Gasteiger partial charge in [-0.05, 0) is 50.1 Å². The lowest BCUT2D eigenvalue weighted by atomic mass is 10.1. The largest absolute Gasteiger partial charge is 0.490 e. The number of hydrazone groups is 1. The van der Waals surface area contributed by atoms with Crippen molar-refractivity contribution >= 4 is 28.8 Å². The van der Waals surface area contributed by atoms with Crippen molar-refractivity contribution in [3.8, 4) is 11.5 Å². The SMILES string of the molecule is C=CCc1cc(/C=N/NC(=O)c2cc3cc([N+](=O)[O-])ccc3o2)cc(OCC)c1OCC. The van der Waals surface area contributed by atoms with E-state index in [1.54, 1.807) is 12.1 Å². The summed E-state index contributed by atoms with van der Waals surface area (Å²) in [6, 6.07) is 9.19. The molecule has 9 nitrogen and oxygen atoms in total. The number of nitrogens with zero attached hydrogens (tertiary/aromatic N) is 2. The van der Waals surface area contributed by atoms with Gasteiger partial charge in [-0.3, -0.25) is 14.9 Å². The molecule has 0 radical (unpaired) electrons. The number of carbonyl (C=O) groups is 1. The fraction of sp³-hybridized carbons (Fsp3) is 0.217. The number of hydrogen-bond donors (Lipinski definition) is 1. The molecule has 166 valence electrons. The molecule has 0 spiro atoms. The van der Waals surface area contributed by atoms with Crippen molar-refractivity contribution in [1.29, 1.82) is 0 Å². The van der Waals surface area contributed by atoms with E-state index in [9.17, 15) is 14.9 Å². The summed E-state index contributed by atoms with van der Waals surface area (Å²) in [4.78, 5) is 22.8. The van der Waals surface area contributed by atoms with Gasteiger partial charge in [0, 0.05) is 23.1 Å². The van der Waals surface area contributed by atoms with Crippen molar-refractivity contribution in [3.05, 3.63) is 76.1 Å². The van der Waals surface area contributed by atoms with Crippen molar-refractivity contribution in [2.24, 2.45) is 5.10 Å². The predicted molar refractivity (Wildman–Crippen MR) is 121 cm³/mol. The molecule has 0 fully saturated rings. The molecule has 0 bridgehead atoms. The van der Waals surface area contributed by atoms with E-state index in [4.69, 9.17) is 13.9 Å². The van der Waals surface area contributed by atoms with E-state index in [1.165, 1.54) is 30.5 Å². The molecule has 0 unspecified atom stereocenters. The third-order valence-corrected chi connectivity index (χ3v) is 4.42. The summed E-state index contributed by atoms with van der Waals surface area (Å²) in [7, 11) is 0. The fourth-order valence-electron chi connectivity index (χ4n) is 3.11. The number of nitro groups is 1. The van der Waals surface area contributed by atoms with E-state index < -0.39 is 10.8 Å². The van der Waals surface area contributed by atoms with Gasteiger partial charge in [0.15, 0.2) is 17.3 Å². The zero-order chi connectivity index (χ0) is 23.1. The van der Waals surface area contributed by atoms with Crippen molar-refractivity contribution < 1.29 is 23.6 Å². The predicted octanol–water partition coefficient (Wildman–Crippen LogP) is 4.63. The second kappa shape index (κ2) is 10.3. The van der Waals surface area contributed by atoms with Crippen LogP contribution in [0.2, 0.25) is 0 Å². The summed E-state index contributed by atoms with van der Waals surface area (Å²) in [6.45, 7) is 8.52. The molecule has 0 saturated carbocycles. The molecule has 0 saturated heterocycles. The van der Waals surface area contributed by atoms with Crippen LogP contribution in [0, 0.1) is 10.1 Å². The number of nitrogens with one attached hydrogen (secondary N) is 1. The van der Waals surface area contributed by atoms with Gasteiger partial charge < -0.3 is 13.9 Å². The van der Waals surface area contributed by atoms with Crippen molar-refractivity contribution in [2.75, 3.05) is 13.2 Å². The maximum Gasteiger partial charge on any atom is 0.307 e. The highest BCUT2D eigenvalue weighted by atomic mass is 16.6. The van der Waals surface area contributed by atoms with Crippen LogP contribution in [0.15, 0.2) is 58.6 Å². The molecular formula is C23H23N3O6. The van der Waals surface area contributed by atoms with Crippen molar-refractivity contribution in [1.82, 2.24) is 5.43 Å². The van der Waals surface area contributed by atoms with Gasteiger partial charge in [0.1, 0.15) is 5.58 Å². The average molecular weight is 437 g/mol. The van der Waals surface area contributed by atoms with Crippen LogP contribution in [-0.2, 0) is 6.42 Å². The first-order valence-electron chi connectivity index (χ1n) is 10.0. The minimum absolute atomic E-state index is 0.00769. The first-order valence-corrected chi connectivity index (χ1v) is 10.0. The van der Waals surface area contributed by atoms with Crippen LogP contribution in [0.1, 0.15) is 35.5 Å². The molecule has 1 amide bonds. The summed E-state index contributed by atoms with van der Waals surface area (Å²) in [5.74, 6) is 0.654. The highest BCUT2D eigenvalue weighted by molar-refractivity contribution is 5.97.